The van der Waals surface area contributed by atoms with Crippen LogP contribution >= 0.6 is 23.2 Å². The van der Waals surface area contributed by atoms with Crippen LogP contribution in [0.4, 0.5) is 13.6 Å². The van der Waals surface area contributed by atoms with Gasteiger partial charge in [-0.2, -0.15) is 0 Å². The molecule has 6 nitrogen and oxygen atoms in total. The summed E-state index contributed by atoms with van der Waals surface area (Å²) in [5.41, 5.74) is -2.50. The third-order valence-electron chi connectivity index (χ3n) is 2.42. The fraction of sp³-hybridized carbons (Fsp3) is 0.700. The molecule has 0 aliphatic rings. The summed E-state index contributed by atoms with van der Waals surface area (Å²) < 4.78 is 30.7. The minimum absolute atomic E-state index is 0.0273. The van der Waals surface area contributed by atoms with Crippen LogP contribution in [0.3, 0.4) is 0 Å². The molecule has 0 bridgehead atoms. The van der Waals surface area contributed by atoms with Crippen LogP contribution in [-0.4, -0.2) is 48.7 Å². The third-order valence-corrected chi connectivity index (χ3v) is 2.79. The Hall–Kier alpha value is -1.15. The summed E-state index contributed by atoms with van der Waals surface area (Å²) >= 11 is 10.2. The second-order valence-corrected chi connectivity index (χ2v) is 4.36. The van der Waals surface area contributed by atoms with Gasteiger partial charge < -0.3 is 15.4 Å². The fourth-order valence-corrected chi connectivity index (χ4v) is 1.65. The van der Waals surface area contributed by atoms with E-state index in [0.29, 0.717) is 0 Å². The van der Waals surface area contributed by atoms with E-state index in [9.17, 15) is 23.2 Å². The maximum absolute atomic E-state index is 13.2. The molecule has 0 saturated heterocycles. The standard InChI is InChI=1S/C10H14Cl2F2N2O4/c1-20-8(18)10(7(13)14,16-6(17)5-11)3-2-4-15-9(12)19/h7H,2-5H2,1H3,(H,15,19)(H,16,17). The van der Waals surface area contributed by atoms with Crippen LogP contribution in [-0.2, 0) is 14.3 Å². The van der Waals surface area contributed by atoms with Gasteiger partial charge in [0.1, 0.15) is 5.88 Å². The van der Waals surface area contributed by atoms with Crippen molar-refractivity contribution in [1.82, 2.24) is 10.6 Å². The van der Waals surface area contributed by atoms with Gasteiger partial charge in [-0.3, -0.25) is 9.59 Å². The number of hydrogen-bond acceptors (Lipinski definition) is 4. The highest BCUT2D eigenvalue weighted by atomic mass is 35.5. The molecule has 0 radical (unpaired) electrons. The van der Waals surface area contributed by atoms with Crippen LogP contribution in [0, 0.1) is 0 Å². The summed E-state index contributed by atoms with van der Waals surface area (Å²) in [6.07, 6.45) is -3.67. The third kappa shape index (κ3) is 5.46. The Labute approximate surface area is 124 Å². The average molecular weight is 335 g/mol. The van der Waals surface area contributed by atoms with E-state index in [1.54, 1.807) is 0 Å². The Morgan fingerprint density at radius 3 is 2.35 bits per heavy atom. The maximum atomic E-state index is 13.2. The molecule has 116 valence electrons. The lowest BCUT2D eigenvalue weighted by atomic mass is 9.93. The normalized spacial score (nSPS) is 13.5. The maximum Gasteiger partial charge on any atom is 0.337 e. The number of halogens is 4. The average Bonchev–Trinajstić information content (AvgIpc) is 2.40. The highest BCUT2D eigenvalue weighted by Gasteiger charge is 2.49. The Morgan fingerprint density at radius 1 is 1.35 bits per heavy atom. The van der Waals surface area contributed by atoms with Gasteiger partial charge in [0, 0.05) is 6.54 Å². The van der Waals surface area contributed by atoms with Crippen molar-refractivity contribution in [2.45, 2.75) is 24.8 Å². The predicted octanol–water partition coefficient (Wildman–Crippen LogP) is 1.25. The number of carbonyl (C=O) groups is 3. The summed E-state index contributed by atoms with van der Waals surface area (Å²) in [5.74, 6) is -2.80. The van der Waals surface area contributed by atoms with Crippen LogP contribution < -0.4 is 10.6 Å². The summed E-state index contributed by atoms with van der Waals surface area (Å²) in [6.45, 7) is -0.0372. The fourth-order valence-electron chi connectivity index (χ4n) is 1.49. The van der Waals surface area contributed by atoms with Crippen LogP contribution in [0.1, 0.15) is 12.8 Å². The Kier molecular flexibility index (Phi) is 8.40. The number of ether oxygens (including phenoxy) is 1. The Balaban J connectivity index is 4.94. The minimum atomic E-state index is -3.20. The highest BCUT2D eigenvalue weighted by molar-refractivity contribution is 6.62. The summed E-state index contributed by atoms with van der Waals surface area (Å²) in [6, 6.07) is 0. The van der Waals surface area contributed by atoms with Gasteiger partial charge in [-0.15, -0.1) is 11.6 Å². The van der Waals surface area contributed by atoms with Gasteiger partial charge in [-0.1, -0.05) is 0 Å². The van der Waals surface area contributed by atoms with E-state index < -0.39 is 41.5 Å². The molecule has 0 rings (SSSR count). The quantitative estimate of drug-likeness (QED) is 0.230. The van der Waals surface area contributed by atoms with Gasteiger partial charge in [0.05, 0.1) is 7.11 Å². The van der Waals surface area contributed by atoms with Gasteiger partial charge in [0.2, 0.25) is 5.91 Å². The van der Waals surface area contributed by atoms with E-state index in [1.165, 1.54) is 0 Å². The number of hydrogen-bond donors (Lipinski definition) is 2. The van der Waals surface area contributed by atoms with Crippen LogP contribution in [0.5, 0.6) is 0 Å². The molecule has 1 unspecified atom stereocenters. The van der Waals surface area contributed by atoms with Crippen molar-refractivity contribution < 1.29 is 27.9 Å². The molecule has 0 aromatic heterocycles. The molecule has 20 heavy (non-hydrogen) atoms. The predicted molar refractivity (Wildman–Crippen MR) is 68.1 cm³/mol. The first-order valence-electron chi connectivity index (χ1n) is 5.47. The molecular weight excluding hydrogens is 321 g/mol. The first kappa shape index (κ1) is 18.9. The smallest absolute Gasteiger partial charge is 0.337 e. The summed E-state index contributed by atoms with van der Waals surface area (Å²) in [4.78, 5) is 33.2. The van der Waals surface area contributed by atoms with E-state index in [1.807, 2.05) is 5.32 Å². The number of esters is 1. The van der Waals surface area contributed by atoms with E-state index in [2.05, 4.69) is 10.1 Å². The molecule has 10 heteroatoms. The van der Waals surface area contributed by atoms with E-state index in [4.69, 9.17) is 23.2 Å². The zero-order chi connectivity index (χ0) is 15.8. The largest absolute Gasteiger partial charge is 0.467 e. The molecule has 0 aromatic carbocycles. The van der Waals surface area contributed by atoms with Crippen molar-refractivity contribution in [1.29, 1.82) is 0 Å². The van der Waals surface area contributed by atoms with Crippen molar-refractivity contribution in [2.24, 2.45) is 0 Å². The lowest BCUT2D eigenvalue weighted by Gasteiger charge is -2.30. The van der Waals surface area contributed by atoms with E-state index >= 15 is 0 Å². The van der Waals surface area contributed by atoms with Crippen LogP contribution in [0.25, 0.3) is 0 Å². The summed E-state index contributed by atoms with van der Waals surface area (Å²) in [5, 5.41) is 3.20. The van der Waals surface area contributed by atoms with Crippen molar-refractivity contribution in [3.8, 4) is 0 Å². The molecule has 0 fully saturated rings. The van der Waals surface area contributed by atoms with Crippen molar-refractivity contribution in [3.63, 3.8) is 0 Å². The number of methoxy groups -OCH3 is 1. The van der Waals surface area contributed by atoms with E-state index in [-0.39, 0.29) is 13.0 Å². The first-order valence-corrected chi connectivity index (χ1v) is 6.38. The second kappa shape index (κ2) is 8.91. The SMILES string of the molecule is COC(=O)C(CCCNC(=O)Cl)(NC(=O)CCl)C(F)F. The Bertz CT molecular complexity index is 371. The van der Waals surface area contributed by atoms with E-state index in [0.717, 1.165) is 7.11 Å². The van der Waals surface area contributed by atoms with Gasteiger partial charge >= 0.3 is 11.3 Å². The zero-order valence-electron chi connectivity index (χ0n) is 10.6. The number of rotatable bonds is 8. The lowest BCUT2D eigenvalue weighted by Crippen LogP contribution is -2.60. The van der Waals surface area contributed by atoms with Crippen LogP contribution in [0.2, 0.25) is 0 Å². The first-order chi connectivity index (χ1) is 9.30. The monoisotopic (exact) mass is 334 g/mol. The molecule has 2 amide bonds. The molecule has 1 atom stereocenters. The molecule has 0 spiro atoms. The molecule has 0 saturated carbocycles. The van der Waals surface area contributed by atoms with Crippen molar-refractivity contribution in [2.75, 3.05) is 19.5 Å². The molecule has 2 N–H and O–H groups in total. The lowest BCUT2D eigenvalue weighted by molar-refractivity contribution is -0.159. The van der Waals surface area contributed by atoms with Gasteiger partial charge in [0.25, 0.3) is 6.43 Å². The van der Waals surface area contributed by atoms with Crippen LogP contribution in [0.15, 0.2) is 0 Å². The number of amides is 2. The number of alkyl halides is 3. The van der Waals surface area contributed by atoms with Crippen molar-refractivity contribution in [3.05, 3.63) is 0 Å². The molecule has 0 aromatic rings. The highest BCUT2D eigenvalue weighted by Crippen LogP contribution is 2.24. The van der Waals surface area contributed by atoms with Gasteiger partial charge in [0.15, 0.2) is 5.54 Å². The number of carbonyl (C=O) groups excluding carboxylic acids is 3. The molecule has 0 heterocycles. The molecule has 0 aliphatic carbocycles. The topological polar surface area (TPSA) is 84.5 Å². The minimum Gasteiger partial charge on any atom is -0.467 e. The molecule has 0 aliphatic heterocycles. The summed E-state index contributed by atoms with van der Waals surface area (Å²) in [7, 11) is 0.923. The van der Waals surface area contributed by atoms with Crippen molar-refractivity contribution >= 4 is 40.4 Å². The van der Waals surface area contributed by atoms with Gasteiger partial charge in [-0.25, -0.2) is 13.6 Å². The zero-order valence-corrected chi connectivity index (χ0v) is 12.1. The Morgan fingerprint density at radius 2 is 1.95 bits per heavy atom. The molecular formula is C10H14Cl2F2N2O4. The number of nitrogens with one attached hydrogen (secondary N) is 2. The second-order valence-electron chi connectivity index (χ2n) is 3.75. The van der Waals surface area contributed by atoms with Gasteiger partial charge in [-0.05, 0) is 24.4 Å².